The number of allylic oxidation sites excluding steroid dienone is 3. The van der Waals surface area contributed by atoms with Crippen molar-refractivity contribution in [3.63, 3.8) is 0 Å². The Bertz CT molecular complexity index is 279. The van der Waals surface area contributed by atoms with Crippen molar-refractivity contribution in [2.75, 3.05) is 0 Å². The molecule has 0 radical (unpaired) electrons. The summed E-state index contributed by atoms with van der Waals surface area (Å²) >= 11 is 0. The van der Waals surface area contributed by atoms with Gasteiger partial charge in [-0.15, -0.1) is 0 Å². The topological polar surface area (TPSA) is 17.1 Å². The lowest BCUT2D eigenvalue weighted by Gasteiger charge is -2.34. The summed E-state index contributed by atoms with van der Waals surface area (Å²) in [5, 5.41) is 0. The van der Waals surface area contributed by atoms with Crippen molar-refractivity contribution < 1.29 is 4.79 Å². The number of carbonyl (C=O) groups excluding carboxylic acids is 1. The van der Waals surface area contributed by atoms with Crippen LogP contribution in [0.3, 0.4) is 0 Å². The molecule has 0 saturated heterocycles. The fourth-order valence-electron chi connectivity index (χ4n) is 2.11. The van der Waals surface area contributed by atoms with Crippen molar-refractivity contribution in [2.45, 2.75) is 34.1 Å². The van der Waals surface area contributed by atoms with Gasteiger partial charge in [-0.2, -0.15) is 0 Å². The second-order valence-electron chi connectivity index (χ2n) is 4.78. The molecule has 1 aliphatic rings. The highest BCUT2D eigenvalue weighted by molar-refractivity contribution is 6.05. The summed E-state index contributed by atoms with van der Waals surface area (Å²) in [5.41, 5.74) is 2.11. The summed E-state index contributed by atoms with van der Waals surface area (Å²) in [6.45, 7) is 12.4. The maximum Gasteiger partial charge on any atom is 0.181 e. The van der Waals surface area contributed by atoms with Gasteiger partial charge in [-0.05, 0) is 29.4 Å². The molecule has 0 aromatic carbocycles. The van der Waals surface area contributed by atoms with E-state index in [1.165, 1.54) is 5.57 Å². The summed E-state index contributed by atoms with van der Waals surface area (Å²) in [6.07, 6.45) is 2.58. The molecule has 0 heterocycles. The minimum Gasteiger partial charge on any atom is -0.290 e. The van der Waals surface area contributed by atoms with Crippen LogP contribution >= 0.6 is 0 Å². The molecule has 0 aromatic rings. The number of rotatable bonds is 1. The van der Waals surface area contributed by atoms with E-state index in [9.17, 15) is 4.79 Å². The van der Waals surface area contributed by atoms with Crippen LogP contribution in [0.15, 0.2) is 23.8 Å². The molecule has 1 aliphatic carbocycles. The van der Waals surface area contributed by atoms with E-state index in [1.807, 2.05) is 0 Å². The molecule has 0 aromatic heterocycles. The van der Waals surface area contributed by atoms with Crippen LogP contribution < -0.4 is 0 Å². The van der Waals surface area contributed by atoms with Gasteiger partial charge in [0.2, 0.25) is 0 Å². The SMILES string of the molecule is C=C1CC(C)(C)C(C(C)C)=CC1=O. The van der Waals surface area contributed by atoms with Gasteiger partial charge in [-0.1, -0.05) is 39.8 Å². The average Bonchev–Trinajstić information content (AvgIpc) is 1.95. The first kappa shape index (κ1) is 10.2. The maximum atomic E-state index is 11.4. The molecule has 0 bridgehead atoms. The fourth-order valence-corrected chi connectivity index (χ4v) is 2.11. The van der Waals surface area contributed by atoms with Crippen molar-refractivity contribution in [3.8, 4) is 0 Å². The van der Waals surface area contributed by atoms with Crippen molar-refractivity contribution in [1.29, 1.82) is 0 Å². The van der Waals surface area contributed by atoms with Crippen LogP contribution in [-0.2, 0) is 4.79 Å². The summed E-state index contributed by atoms with van der Waals surface area (Å²) < 4.78 is 0. The maximum absolute atomic E-state index is 11.4. The Kier molecular flexibility index (Phi) is 2.47. The second-order valence-corrected chi connectivity index (χ2v) is 4.78. The van der Waals surface area contributed by atoms with E-state index < -0.39 is 0 Å². The lowest BCUT2D eigenvalue weighted by atomic mass is 9.70. The highest BCUT2D eigenvalue weighted by atomic mass is 16.1. The molecule has 1 heteroatoms. The Morgan fingerprint density at radius 2 is 2.00 bits per heavy atom. The second kappa shape index (κ2) is 3.13. The van der Waals surface area contributed by atoms with Crippen LogP contribution in [0.25, 0.3) is 0 Å². The smallest absolute Gasteiger partial charge is 0.181 e. The molecule has 1 rings (SSSR count). The zero-order valence-electron chi connectivity index (χ0n) is 8.98. The number of ketones is 1. The first-order valence-corrected chi connectivity index (χ1v) is 4.79. The lowest BCUT2D eigenvalue weighted by Crippen LogP contribution is -2.26. The van der Waals surface area contributed by atoms with E-state index in [0.29, 0.717) is 5.92 Å². The predicted molar refractivity (Wildman–Crippen MR) is 55.5 cm³/mol. The third-order valence-electron chi connectivity index (χ3n) is 2.69. The highest BCUT2D eigenvalue weighted by Gasteiger charge is 2.31. The van der Waals surface area contributed by atoms with Gasteiger partial charge in [0, 0.05) is 0 Å². The summed E-state index contributed by atoms with van der Waals surface area (Å²) in [4.78, 5) is 11.4. The molecular weight excluding hydrogens is 160 g/mol. The van der Waals surface area contributed by atoms with Gasteiger partial charge in [-0.25, -0.2) is 0 Å². The van der Waals surface area contributed by atoms with Crippen molar-refractivity contribution in [3.05, 3.63) is 23.8 Å². The molecule has 0 amide bonds. The van der Waals surface area contributed by atoms with Gasteiger partial charge in [0.1, 0.15) is 0 Å². The van der Waals surface area contributed by atoms with Crippen molar-refractivity contribution in [1.82, 2.24) is 0 Å². The van der Waals surface area contributed by atoms with Crippen LogP contribution in [0, 0.1) is 11.3 Å². The van der Waals surface area contributed by atoms with E-state index in [0.717, 1.165) is 12.0 Å². The van der Waals surface area contributed by atoms with Gasteiger partial charge >= 0.3 is 0 Å². The van der Waals surface area contributed by atoms with Crippen LogP contribution in [0.1, 0.15) is 34.1 Å². The molecule has 0 spiro atoms. The van der Waals surface area contributed by atoms with E-state index in [4.69, 9.17) is 0 Å². The van der Waals surface area contributed by atoms with E-state index in [-0.39, 0.29) is 11.2 Å². The van der Waals surface area contributed by atoms with E-state index in [2.05, 4.69) is 34.3 Å². The molecule has 0 atom stereocenters. The van der Waals surface area contributed by atoms with Crippen molar-refractivity contribution in [2.24, 2.45) is 11.3 Å². The zero-order valence-corrected chi connectivity index (χ0v) is 8.98. The van der Waals surface area contributed by atoms with Gasteiger partial charge in [0.15, 0.2) is 5.78 Å². The van der Waals surface area contributed by atoms with Gasteiger partial charge in [-0.3, -0.25) is 4.79 Å². The molecule has 13 heavy (non-hydrogen) atoms. The third kappa shape index (κ3) is 1.90. The lowest BCUT2D eigenvalue weighted by molar-refractivity contribution is -0.112. The van der Waals surface area contributed by atoms with Crippen LogP contribution in [-0.4, -0.2) is 5.78 Å². The molecule has 1 nitrogen and oxygen atoms in total. The molecule has 0 fully saturated rings. The minimum absolute atomic E-state index is 0.110. The van der Waals surface area contributed by atoms with Crippen LogP contribution in [0.5, 0.6) is 0 Å². The number of carbonyl (C=O) groups is 1. The van der Waals surface area contributed by atoms with E-state index >= 15 is 0 Å². The normalized spacial score (nSPS) is 22.1. The Balaban J connectivity index is 3.10. The largest absolute Gasteiger partial charge is 0.290 e. The highest BCUT2D eigenvalue weighted by Crippen LogP contribution is 2.40. The molecule has 0 saturated carbocycles. The monoisotopic (exact) mass is 178 g/mol. The standard InChI is InChI=1S/C12H18O/c1-8(2)10-6-11(13)9(3)7-12(10,4)5/h6,8H,3,7H2,1-2,4-5H3. The van der Waals surface area contributed by atoms with Gasteiger partial charge in [0.05, 0.1) is 0 Å². The Morgan fingerprint density at radius 1 is 1.46 bits per heavy atom. The molecule has 0 unspecified atom stereocenters. The zero-order chi connectivity index (χ0) is 10.2. The summed E-state index contributed by atoms with van der Waals surface area (Å²) in [6, 6.07) is 0. The number of hydrogen-bond donors (Lipinski definition) is 0. The molecule has 0 N–H and O–H groups in total. The first-order valence-electron chi connectivity index (χ1n) is 4.79. The molecular formula is C12H18O. The van der Waals surface area contributed by atoms with E-state index in [1.54, 1.807) is 6.08 Å². The Labute approximate surface area is 80.5 Å². The van der Waals surface area contributed by atoms with Crippen molar-refractivity contribution >= 4 is 5.78 Å². The molecule has 72 valence electrons. The quantitative estimate of drug-likeness (QED) is 0.564. The van der Waals surface area contributed by atoms with Gasteiger partial charge < -0.3 is 0 Å². The predicted octanol–water partition coefficient (Wildman–Crippen LogP) is 3.12. The third-order valence-corrected chi connectivity index (χ3v) is 2.69. The number of hydrogen-bond acceptors (Lipinski definition) is 1. The van der Waals surface area contributed by atoms with Crippen LogP contribution in [0.4, 0.5) is 0 Å². The van der Waals surface area contributed by atoms with Crippen LogP contribution in [0.2, 0.25) is 0 Å². The summed E-state index contributed by atoms with van der Waals surface area (Å²) in [5.74, 6) is 0.565. The van der Waals surface area contributed by atoms with Gasteiger partial charge in [0.25, 0.3) is 0 Å². The Morgan fingerprint density at radius 3 is 2.46 bits per heavy atom. The average molecular weight is 178 g/mol. The summed E-state index contributed by atoms with van der Waals surface area (Å²) in [7, 11) is 0. The minimum atomic E-state index is 0.110. The Hall–Kier alpha value is -0.850. The molecule has 0 aliphatic heterocycles. The fraction of sp³-hybridized carbons (Fsp3) is 0.583. The first-order chi connectivity index (χ1) is 5.84.